The van der Waals surface area contributed by atoms with E-state index in [-0.39, 0.29) is 17.7 Å². The van der Waals surface area contributed by atoms with Gasteiger partial charge in [0.05, 0.1) is 13.2 Å². The molecule has 1 aliphatic heterocycles. The fourth-order valence-corrected chi connectivity index (χ4v) is 2.61. The Balaban J connectivity index is 2.44. The molecule has 1 heterocycles. The standard InChI is InChI=1S/C19H24O7/c1-11-5-3-7-14(20)18(23)15(21)8-4-6-12-9-13(25-2)10-16(22)17(12)19(24)26-11/h3-4,6-7,9-11,14-15,18,20-23H,5,8H2,1-2H3/b6-4+,7-3+/t11-,14+,15-,18+/m0/s1. The molecular formula is C19H24O7. The van der Waals surface area contributed by atoms with E-state index in [1.54, 1.807) is 19.1 Å². The summed E-state index contributed by atoms with van der Waals surface area (Å²) in [7, 11) is 1.43. The van der Waals surface area contributed by atoms with Crippen molar-refractivity contribution in [2.24, 2.45) is 0 Å². The number of carbonyl (C=O) groups excluding carboxylic acids is 1. The van der Waals surface area contributed by atoms with Gasteiger partial charge in [0, 0.05) is 12.5 Å². The van der Waals surface area contributed by atoms with E-state index in [2.05, 4.69) is 0 Å². The lowest BCUT2D eigenvalue weighted by molar-refractivity contribution is -0.0394. The van der Waals surface area contributed by atoms with Gasteiger partial charge in [-0.2, -0.15) is 0 Å². The molecule has 0 radical (unpaired) electrons. The molecule has 0 aromatic heterocycles. The van der Waals surface area contributed by atoms with E-state index in [0.29, 0.717) is 17.7 Å². The highest BCUT2D eigenvalue weighted by Crippen LogP contribution is 2.30. The smallest absolute Gasteiger partial charge is 0.342 e. The molecule has 7 nitrogen and oxygen atoms in total. The maximum Gasteiger partial charge on any atom is 0.342 e. The van der Waals surface area contributed by atoms with Crippen molar-refractivity contribution in [2.45, 2.75) is 44.2 Å². The first-order valence-electron chi connectivity index (χ1n) is 8.32. The van der Waals surface area contributed by atoms with Crippen molar-refractivity contribution >= 4 is 12.0 Å². The minimum atomic E-state index is -1.35. The van der Waals surface area contributed by atoms with Crippen LogP contribution < -0.4 is 4.74 Å². The van der Waals surface area contributed by atoms with E-state index >= 15 is 0 Å². The molecule has 1 aromatic carbocycles. The monoisotopic (exact) mass is 364 g/mol. The molecule has 0 fully saturated rings. The number of phenolic OH excluding ortho intramolecular Hbond substituents is 1. The van der Waals surface area contributed by atoms with Gasteiger partial charge >= 0.3 is 5.97 Å². The quantitative estimate of drug-likeness (QED) is 0.439. The van der Waals surface area contributed by atoms with E-state index in [1.165, 1.54) is 31.4 Å². The third kappa shape index (κ3) is 4.85. The molecule has 4 N–H and O–H groups in total. The summed E-state index contributed by atoms with van der Waals surface area (Å²) in [5.41, 5.74) is 0.346. The molecule has 7 heteroatoms. The number of carbonyl (C=O) groups is 1. The molecule has 1 aromatic rings. The van der Waals surface area contributed by atoms with Crippen molar-refractivity contribution in [1.29, 1.82) is 0 Å². The Labute approximate surface area is 151 Å². The summed E-state index contributed by atoms with van der Waals surface area (Å²) in [5.74, 6) is -0.615. The van der Waals surface area contributed by atoms with Crippen LogP contribution in [0.3, 0.4) is 0 Å². The van der Waals surface area contributed by atoms with Gasteiger partial charge in [0.1, 0.15) is 35.4 Å². The molecular weight excluding hydrogens is 340 g/mol. The number of methoxy groups -OCH3 is 1. The van der Waals surface area contributed by atoms with Gasteiger partial charge in [-0.05, 0) is 25.0 Å². The number of ether oxygens (including phenoxy) is 2. The van der Waals surface area contributed by atoms with Crippen LogP contribution in [-0.2, 0) is 4.74 Å². The van der Waals surface area contributed by atoms with Gasteiger partial charge in [-0.25, -0.2) is 4.79 Å². The summed E-state index contributed by atoms with van der Waals surface area (Å²) < 4.78 is 10.4. The van der Waals surface area contributed by atoms with Crippen molar-refractivity contribution in [2.75, 3.05) is 7.11 Å². The number of aliphatic hydroxyl groups excluding tert-OH is 3. The number of phenols is 1. The van der Waals surface area contributed by atoms with Gasteiger partial charge < -0.3 is 29.9 Å². The highest BCUT2D eigenvalue weighted by atomic mass is 16.5. The molecule has 0 aliphatic carbocycles. The van der Waals surface area contributed by atoms with Crippen molar-refractivity contribution in [3.05, 3.63) is 41.5 Å². The molecule has 2 rings (SSSR count). The van der Waals surface area contributed by atoms with Crippen LogP contribution in [0.5, 0.6) is 11.5 Å². The SMILES string of the molecule is COc1cc(O)c2c(c1)/C=C/C[C@H](O)[C@H](O)[C@H](O)/C=C/C[C@H](C)OC2=O. The first kappa shape index (κ1) is 20.0. The van der Waals surface area contributed by atoms with E-state index < -0.39 is 30.4 Å². The largest absolute Gasteiger partial charge is 0.507 e. The van der Waals surface area contributed by atoms with Gasteiger partial charge in [0.25, 0.3) is 0 Å². The zero-order valence-corrected chi connectivity index (χ0v) is 14.7. The van der Waals surface area contributed by atoms with Crippen molar-refractivity contribution in [3.63, 3.8) is 0 Å². The molecule has 0 spiro atoms. The highest BCUT2D eigenvalue weighted by molar-refractivity contribution is 5.97. The number of fused-ring (bicyclic) bond motifs is 1. The Hall–Kier alpha value is -2.35. The Morgan fingerprint density at radius 1 is 1.15 bits per heavy atom. The maximum absolute atomic E-state index is 12.5. The van der Waals surface area contributed by atoms with Crippen LogP contribution in [0, 0.1) is 0 Å². The number of hydrogen-bond acceptors (Lipinski definition) is 7. The number of esters is 1. The average Bonchev–Trinajstić information content (AvgIpc) is 2.59. The predicted octanol–water partition coefficient (Wildman–Crippen LogP) is 1.39. The average molecular weight is 364 g/mol. The topological polar surface area (TPSA) is 116 Å². The summed E-state index contributed by atoms with van der Waals surface area (Å²) in [4.78, 5) is 12.5. The molecule has 0 bridgehead atoms. The third-order valence-corrected chi connectivity index (χ3v) is 4.09. The molecule has 0 saturated heterocycles. The number of aromatic hydroxyl groups is 1. The van der Waals surface area contributed by atoms with Crippen molar-refractivity contribution in [1.82, 2.24) is 0 Å². The first-order chi connectivity index (χ1) is 12.3. The summed E-state index contributed by atoms with van der Waals surface area (Å²) in [6.07, 6.45) is 2.00. The second-order valence-corrected chi connectivity index (χ2v) is 6.18. The summed E-state index contributed by atoms with van der Waals surface area (Å²) >= 11 is 0. The molecule has 0 saturated carbocycles. The number of hydrogen-bond donors (Lipinski definition) is 4. The Bertz CT molecular complexity index is 695. The minimum Gasteiger partial charge on any atom is -0.507 e. The predicted molar refractivity (Wildman–Crippen MR) is 95.0 cm³/mol. The van der Waals surface area contributed by atoms with Crippen LogP contribution in [0.25, 0.3) is 6.08 Å². The van der Waals surface area contributed by atoms with E-state index in [1.807, 2.05) is 0 Å². The number of cyclic esters (lactones) is 1. The number of rotatable bonds is 1. The van der Waals surface area contributed by atoms with E-state index in [9.17, 15) is 25.2 Å². The molecule has 1 aliphatic rings. The number of benzene rings is 1. The second-order valence-electron chi connectivity index (χ2n) is 6.18. The van der Waals surface area contributed by atoms with E-state index in [4.69, 9.17) is 9.47 Å². The van der Waals surface area contributed by atoms with Gasteiger partial charge in [-0.3, -0.25) is 0 Å². The fourth-order valence-electron chi connectivity index (χ4n) is 2.61. The van der Waals surface area contributed by atoms with Gasteiger partial charge in [0.15, 0.2) is 0 Å². The molecule has 4 atom stereocenters. The lowest BCUT2D eigenvalue weighted by Gasteiger charge is -2.20. The lowest BCUT2D eigenvalue weighted by Crippen LogP contribution is -2.35. The second kappa shape index (κ2) is 8.84. The van der Waals surface area contributed by atoms with Crippen LogP contribution in [0.2, 0.25) is 0 Å². The zero-order chi connectivity index (χ0) is 19.3. The van der Waals surface area contributed by atoms with Crippen molar-refractivity contribution in [3.8, 4) is 11.5 Å². The molecule has 0 unspecified atom stereocenters. The molecule has 0 amide bonds. The Morgan fingerprint density at radius 3 is 2.58 bits per heavy atom. The highest BCUT2D eigenvalue weighted by Gasteiger charge is 2.23. The summed E-state index contributed by atoms with van der Waals surface area (Å²) in [5, 5.41) is 40.0. The van der Waals surface area contributed by atoms with E-state index in [0.717, 1.165) is 0 Å². The minimum absolute atomic E-state index is 0.00925. The van der Waals surface area contributed by atoms with Crippen LogP contribution in [0.4, 0.5) is 0 Å². The lowest BCUT2D eigenvalue weighted by atomic mass is 10.0. The van der Waals surface area contributed by atoms with Crippen LogP contribution in [0.1, 0.15) is 35.7 Å². The first-order valence-corrected chi connectivity index (χ1v) is 8.32. The molecule has 142 valence electrons. The summed E-state index contributed by atoms with van der Waals surface area (Å²) in [6, 6.07) is 2.87. The van der Waals surface area contributed by atoms with Crippen molar-refractivity contribution < 1.29 is 34.7 Å². The third-order valence-electron chi connectivity index (χ3n) is 4.09. The van der Waals surface area contributed by atoms with Gasteiger partial charge in [-0.15, -0.1) is 0 Å². The fraction of sp³-hybridized carbons (Fsp3) is 0.421. The maximum atomic E-state index is 12.5. The zero-order valence-electron chi connectivity index (χ0n) is 14.7. The van der Waals surface area contributed by atoms with Gasteiger partial charge in [-0.1, -0.05) is 24.3 Å². The van der Waals surface area contributed by atoms with Gasteiger partial charge in [0.2, 0.25) is 0 Å². The Kier molecular flexibility index (Phi) is 6.79. The van der Waals surface area contributed by atoms with Crippen LogP contribution in [0.15, 0.2) is 30.4 Å². The number of aliphatic hydroxyl groups is 3. The van der Waals surface area contributed by atoms with Crippen LogP contribution in [-0.4, -0.2) is 57.9 Å². The van der Waals surface area contributed by atoms with Crippen LogP contribution >= 0.6 is 0 Å². The normalized spacial score (nSPS) is 29.8. The molecule has 26 heavy (non-hydrogen) atoms. The Morgan fingerprint density at radius 2 is 1.88 bits per heavy atom. The summed E-state index contributed by atoms with van der Waals surface area (Å²) in [6.45, 7) is 1.67.